The van der Waals surface area contributed by atoms with Crippen LogP contribution in [-0.4, -0.2) is 22.7 Å². The summed E-state index contributed by atoms with van der Waals surface area (Å²) in [4.78, 5) is 4.67. The van der Waals surface area contributed by atoms with E-state index in [4.69, 9.17) is 14.9 Å². The van der Waals surface area contributed by atoms with Gasteiger partial charge in [0.2, 0.25) is 5.89 Å². The van der Waals surface area contributed by atoms with Crippen molar-refractivity contribution in [2.24, 2.45) is 5.73 Å². The molecule has 0 fully saturated rings. The van der Waals surface area contributed by atoms with Crippen LogP contribution in [0.4, 0.5) is 0 Å². The molecule has 0 bridgehead atoms. The second-order valence-electron chi connectivity index (χ2n) is 6.44. The van der Waals surface area contributed by atoms with Crippen molar-refractivity contribution in [1.82, 2.24) is 9.55 Å². The molecule has 2 aromatic carbocycles. The highest BCUT2D eigenvalue weighted by atomic mass is 16.5. The molecule has 2 N–H and O–H groups in total. The highest BCUT2D eigenvalue weighted by Crippen LogP contribution is 2.25. The fourth-order valence-electron chi connectivity index (χ4n) is 3.38. The van der Waals surface area contributed by atoms with Crippen LogP contribution in [0.2, 0.25) is 0 Å². The lowest BCUT2D eigenvalue weighted by Gasteiger charge is -2.03. The van der Waals surface area contributed by atoms with Gasteiger partial charge in [0.05, 0.1) is 18.8 Å². The molecule has 0 spiro atoms. The topological polar surface area (TPSA) is 66.2 Å². The summed E-state index contributed by atoms with van der Waals surface area (Å²) in [6.07, 6.45) is 4.75. The predicted octanol–water partition coefficient (Wildman–Crippen LogP) is 4.24. The van der Waals surface area contributed by atoms with Gasteiger partial charge in [-0.3, -0.25) is 0 Å². The smallest absolute Gasteiger partial charge is 0.226 e. The quantitative estimate of drug-likeness (QED) is 0.534. The Balaban J connectivity index is 1.62. The Kier molecular flexibility index (Phi) is 4.94. The SMILES string of the molecule is CCOc1cccc(-c2nc(Cn3cc(CCN)c4ccccc43)co2)c1. The molecule has 0 aliphatic rings. The molecule has 0 unspecified atom stereocenters. The third kappa shape index (κ3) is 3.59. The summed E-state index contributed by atoms with van der Waals surface area (Å²) >= 11 is 0. The van der Waals surface area contributed by atoms with Crippen molar-refractivity contribution >= 4 is 10.9 Å². The van der Waals surface area contributed by atoms with Gasteiger partial charge in [0.1, 0.15) is 12.0 Å². The van der Waals surface area contributed by atoms with E-state index in [2.05, 4.69) is 40.0 Å². The van der Waals surface area contributed by atoms with Crippen LogP contribution in [0.15, 0.2) is 65.4 Å². The van der Waals surface area contributed by atoms with Gasteiger partial charge >= 0.3 is 0 Å². The van der Waals surface area contributed by atoms with Crippen LogP contribution >= 0.6 is 0 Å². The fourth-order valence-corrected chi connectivity index (χ4v) is 3.38. The lowest BCUT2D eigenvalue weighted by Crippen LogP contribution is -2.02. The third-order valence-electron chi connectivity index (χ3n) is 4.56. The molecular formula is C22H23N3O2. The van der Waals surface area contributed by atoms with Gasteiger partial charge in [-0.25, -0.2) is 4.98 Å². The highest BCUT2D eigenvalue weighted by Gasteiger charge is 2.12. The first kappa shape index (κ1) is 17.4. The van der Waals surface area contributed by atoms with Crippen LogP contribution in [0.3, 0.4) is 0 Å². The van der Waals surface area contributed by atoms with Gasteiger partial charge in [0.15, 0.2) is 0 Å². The molecule has 0 saturated heterocycles. The van der Waals surface area contributed by atoms with Crippen molar-refractivity contribution in [3.8, 4) is 17.2 Å². The van der Waals surface area contributed by atoms with Crippen LogP contribution in [0.1, 0.15) is 18.2 Å². The zero-order valence-electron chi connectivity index (χ0n) is 15.4. The number of hydrogen-bond acceptors (Lipinski definition) is 4. The summed E-state index contributed by atoms with van der Waals surface area (Å²) in [7, 11) is 0. The van der Waals surface area contributed by atoms with Gasteiger partial charge in [-0.05, 0) is 49.7 Å². The van der Waals surface area contributed by atoms with E-state index in [0.29, 0.717) is 25.6 Å². The second-order valence-corrected chi connectivity index (χ2v) is 6.44. The van der Waals surface area contributed by atoms with E-state index in [9.17, 15) is 0 Å². The number of aromatic nitrogens is 2. The van der Waals surface area contributed by atoms with E-state index in [-0.39, 0.29) is 0 Å². The predicted molar refractivity (Wildman–Crippen MR) is 107 cm³/mol. The number of hydrogen-bond donors (Lipinski definition) is 1. The molecule has 4 aromatic rings. The minimum Gasteiger partial charge on any atom is -0.494 e. The largest absolute Gasteiger partial charge is 0.494 e. The number of ether oxygens (including phenoxy) is 1. The van der Waals surface area contributed by atoms with E-state index in [1.54, 1.807) is 6.26 Å². The maximum absolute atomic E-state index is 5.77. The molecule has 5 nitrogen and oxygen atoms in total. The number of oxazole rings is 1. The van der Waals surface area contributed by atoms with Gasteiger partial charge in [-0.15, -0.1) is 0 Å². The molecule has 0 radical (unpaired) electrons. The summed E-state index contributed by atoms with van der Waals surface area (Å²) < 4.78 is 13.5. The lowest BCUT2D eigenvalue weighted by molar-refractivity contribution is 0.340. The monoisotopic (exact) mass is 361 g/mol. The molecule has 0 atom stereocenters. The first-order valence-electron chi connectivity index (χ1n) is 9.23. The van der Waals surface area contributed by atoms with Gasteiger partial charge in [0.25, 0.3) is 0 Å². The Bertz CT molecular complexity index is 1050. The van der Waals surface area contributed by atoms with Crippen LogP contribution in [0, 0.1) is 0 Å². The Morgan fingerprint density at radius 1 is 1.15 bits per heavy atom. The third-order valence-corrected chi connectivity index (χ3v) is 4.56. The van der Waals surface area contributed by atoms with Gasteiger partial charge in [0, 0.05) is 22.7 Å². The van der Waals surface area contributed by atoms with Gasteiger partial charge < -0.3 is 19.5 Å². The molecule has 5 heteroatoms. The molecule has 0 aliphatic carbocycles. The van der Waals surface area contributed by atoms with Crippen LogP contribution in [-0.2, 0) is 13.0 Å². The van der Waals surface area contributed by atoms with Crippen molar-refractivity contribution in [2.45, 2.75) is 19.9 Å². The summed E-state index contributed by atoms with van der Waals surface area (Å²) in [5.41, 5.74) is 10.0. The highest BCUT2D eigenvalue weighted by molar-refractivity contribution is 5.84. The van der Waals surface area contributed by atoms with Crippen LogP contribution < -0.4 is 10.5 Å². The Morgan fingerprint density at radius 3 is 2.89 bits per heavy atom. The van der Waals surface area contributed by atoms with Crippen molar-refractivity contribution in [2.75, 3.05) is 13.2 Å². The molecule has 2 heterocycles. The van der Waals surface area contributed by atoms with Gasteiger partial charge in [-0.2, -0.15) is 0 Å². The normalized spacial score (nSPS) is 11.2. The summed E-state index contributed by atoms with van der Waals surface area (Å²) in [6.45, 7) is 3.89. The molecule has 138 valence electrons. The van der Waals surface area contributed by atoms with E-state index in [1.165, 1.54) is 16.5 Å². The van der Waals surface area contributed by atoms with Crippen LogP contribution in [0.25, 0.3) is 22.4 Å². The van der Waals surface area contributed by atoms with Crippen molar-refractivity contribution in [3.63, 3.8) is 0 Å². The number of fused-ring (bicyclic) bond motifs is 1. The fraction of sp³-hybridized carbons (Fsp3) is 0.227. The Hall–Kier alpha value is -3.05. The van der Waals surface area contributed by atoms with Gasteiger partial charge in [-0.1, -0.05) is 24.3 Å². The van der Waals surface area contributed by atoms with E-state index in [1.807, 2.05) is 31.2 Å². The molecule has 2 aromatic heterocycles. The minimum absolute atomic E-state index is 0.602. The number of rotatable bonds is 7. The number of nitrogens with two attached hydrogens (primary N) is 1. The minimum atomic E-state index is 0.602. The number of nitrogens with zero attached hydrogens (tertiary/aromatic N) is 2. The lowest BCUT2D eigenvalue weighted by atomic mass is 10.1. The van der Waals surface area contributed by atoms with Crippen molar-refractivity contribution in [1.29, 1.82) is 0 Å². The van der Waals surface area contributed by atoms with E-state index >= 15 is 0 Å². The Morgan fingerprint density at radius 2 is 2.04 bits per heavy atom. The summed E-state index contributed by atoms with van der Waals surface area (Å²) in [5, 5.41) is 1.25. The molecule has 0 saturated carbocycles. The zero-order chi connectivity index (χ0) is 18.6. The van der Waals surface area contributed by atoms with Crippen molar-refractivity contribution in [3.05, 3.63) is 72.2 Å². The second kappa shape index (κ2) is 7.68. The first-order valence-corrected chi connectivity index (χ1v) is 9.23. The van der Waals surface area contributed by atoms with Crippen LogP contribution in [0.5, 0.6) is 5.75 Å². The van der Waals surface area contributed by atoms with E-state index < -0.39 is 0 Å². The van der Waals surface area contributed by atoms with E-state index in [0.717, 1.165) is 23.4 Å². The standard InChI is InChI=1S/C22H23N3O2/c1-2-26-19-7-5-6-16(12-19)22-24-18(15-27-22)14-25-13-17(10-11-23)20-8-3-4-9-21(20)25/h3-9,12-13,15H,2,10-11,14,23H2,1H3. The Labute approximate surface area is 158 Å². The average molecular weight is 361 g/mol. The molecule has 4 rings (SSSR count). The maximum Gasteiger partial charge on any atom is 0.226 e. The summed E-state index contributed by atoms with van der Waals surface area (Å²) in [5.74, 6) is 1.42. The molecule has 27 heavy (non-hydrogen) atoms. The number of benzene rings is 2. The molecule has 0 aliphatic heterocycles. The average Bonchev–Trinajstić information content (AvgIpc) is 3.29. The molecular weight excluding hydrogens is 338 g/mol. The van der Waals surface area contributed by atoms with Crippen molar-refractivity contribution < 1.29 is 9.15 Å². The maximum atomic E-state index is 5.77. The zero-order valence-corrected chi connectivity index (χ0v) is 15.4. The first-order chi connectivity index (χ1) is 13.3. The summed E-state index contributed by atoms with van der Waals surface area (Å²) in [6, 6.07) is 16.2. The molecule has 0 amide bonds. The number of para-hydroxylation sites is 1.